The summed E-state index contributed by atoms with van der Waals surface area (Å²) in [4.78, 5) is 14.6. The zero-order chi connectivity index (χ0) is 15.6. The summed E-state index contributed by atoms with van der Waals surface area (Å²) < 4.78 is 0. The molecule has 0 spiro atoms. The van der Waals surface area contributed by atoms with Crippen LogP contribution in [-0.2, 0) is 13.1 Å². The Morgan fingerprint density at radius 2 is 1.91 bits per heavy atom. The third-order valence-corrected chi connectivity index (χ3v) is 6.65. The van der Waals surface area contributed by atoms with Crippen molar-refractivity contribution in [3.05, 3.63) is 32.2 Å². The normalized spacial score (nSPS) is 21.4. The molecule has 3 heterocycles. The molecule has 1 saturated carbocycles. The van der Waals surface area contributed by atoms with Crippen molar-refractivity contribution in [2.45, 2.75) is 45.2 Å². The van der Waals surface area contributed by atoms with Crippen LogP contribution in [0.15, 0.2) is 11.0 Å². The Morgan fingerprint density at radius 1 is 1.13 bits per heavy atom. The van der Waals surface area contributed by atoms with Crippen LogP contribution in [0, 0.1) is 12.8 Å². The summed E-state index contributed by atoms with van der Waals surface area (Å²) in [6, 6.07) is 0. The van der Waals surface area contributed by atoms with Gasteiger partial charge in [-0.3, -0.25) is 4.90 Å². The van der Waals surface area contributed by atoms with E-state index < -0.39 is 0 Å². The topological polar surface area (TPSA) is 41.1 Å². The van der Waals surface area contributed by atoms with Gasteiger partial charge < -0.3 is 5.32 Å². The fourth-order valence-electron chi connectivity index (χ4n) is 3.39. The lowest BCUT2D eigenvalue weighted by molar-refractivity contribution is 0.223. The lowest BCUT2D eigenvalue weighted by atomic mass is 10.1. The Bertz CT molecular complexity index is 641. The van der Waals surface area contributed by atoms with Gasteiger partial charge in [0.25, 0.3) is 0 Å². The standard InChI is InChI=1S/C17H24N4S2/c1-12-15(22-10-19-12)8-21(7-13-4-5-18-6-13)9-16-17(14-2-3-14)20-11-23-16/h10-11,13-14,18H,2-9H2,1H3. The van der Waals surface area contributed by atoms with Gasteiger partial charge in [-0.05, 0) is 45.2 Å². The van der Waals surface area contributed by atoms with Crippen molar-refractivity contribution in [1.29, 1.82) is 0 Å². The minimum Gasteiger partial charge on any atom is -0.316 e. The van der Waals surface area contributed by atoms with E-state index in [0.717, 1.165) is 31.5 Å². The maximum absolute atomic E-state index is 4.65. The van der Waals surface area contributed by atoms with E-state index in [1.807, 2.05) is 22.4 Å². The zero-order valence-electron chi connectivity index (χ0n) is 13.6. The first-order chi connectivity index (χ1) is 11.3. The maximum atomic E-state index is 4.65. The van der Waals surface area contributed by atoms with Crippen LogP contribution in [0.4, 0.5) is 0 Å². The third kappa shape index (κ3) is 3.82. The second-order valence-corrected chi connectivity index (χ2v) is 8.70. The SMILES string of the molecule is Cc1ncsc1CN(Cc1scnc1C1CC1)CC1CCNC1. The number of rotatable bonds is 7. The zero-order valence-corrected chi connectivity index (χ0v) is 15.3. The molecule has 0 aromatic carbocycles. The predicted molar refractivity (Wildman–Crippen MR) is 96.0 cm³/mol. The van der Waals surface area contributed by atoms with Crippen LogP contribution in [0.2, 0.25) is 0 Å². The van der Waals surface area contributed by atoms with E-state index in [0.29, 0.717) is 0 Å². The van der Waals surface area contributed by atoms with Gasteiger partial charge >= 0.3 is 0 Å². The van der Waals surface area contributed by atoms with E-state index in [1.54, 1.807) is 11.3 Å². The molecular weight excluding hydrogens is 324 g/mol. The number of nitrogens with zero attached hydrogens (tertiary/aromatic N) is 3. The molecule has 23 heavy (non-hydrogen) atoms. The Kier molecular flexibility index (Phi) is 4.76. The average molecular weight is 349 g/mol. The van der Waals surface area contributed by atoms with Crippen LogP contribution in [0.5, 0.6) is 0 Å². The molecule has 1 N–H and O–H groups in total. The number of aryl methyl sites for hydroxylation is 1. The summed E-state index contributed by atoms with van der Waals surface area (Å²) in [6.07, 6.45) is 3.96. The van der Waals surface area contributed by atoms with E-state index in [1.165, 1.54) is 53.5 Å². The maximum Gasteiger partial charge on any atom is 0.0798 e. The summed E-state index contributed by atoms with van der Waals surface area (Å²) in [5, 5.41) is 3.50. The highest BCUT2D eigenvalue weighted by molar-refractivity contribution is 7.10. The van der Waals surface area contributed by atoms with Gasteiger partial charge in [0, 0.05) is 35.3 Å². The first-order valence-electron chi connectivity index (χ1n) is 8.54. The smallest absolute Gasteiger partial charge is 0.0798 e. The van der Waals surface area contributed by atoms with Crippen molar-refractivity contribution in [2.75, 3.05) is 19.6 Å². The van der Waals surface area contributed by atoms with Gasteiger partial charge in [-0.15, -0.1) is 22.7 Å². The second kappa shape index (κ2) is 6.97. The highest BCUT2D eigenvalue weighted by Gasteiger charge is 2.29. The minimum absolute atomic E-state index is 0.747. The molecule has 2 aliphatic rings. The Balaban J connectivity index is 1.48. The van der Waals surface area contributed by atoms with Crippen molar-refractivity contribution in [2.24, 2.45) is 5.92 Å². The number of nitrogens with one attached hydrogen (secondary N) is 1. The van der Waals surface area contributed by atoms with Crippen molar-refractivity contribution >= 4 is 22.7 Å². The average Bonchev–Trinajstić information content (AvgIpc) is 2.91. The molecule has 0 radical (unpaired) electrons. The van der Waals surface area contributed by atoms with Crippen LogP contribution < -0.4 is 5.32 Å². The number of thiazole rings is 2. The summed E-state index contributed by atoms with van der Waals surface area (Å²) in [7, 11) is 0. The lowest BCUT2D eigenvalue weighted by Crippen LogP contribution is -2.30. The second-order valence-electron chi connectivity index (χ2n) is 6.82. The summed E-state index contributed by atoms with van der Waals surface area (Å²) >= 11 is 3.63. The first-order valence-corrected chi connectivity index (χ1v) is 10.3. The van der Waals surface area contributed by atoms with Gasteiger partial charge in [0.2, 0.25) is 0 Å². The Labute approximate surface area is 146 Å². The van der Waals surface area contributed by atoms with Crippen molar-refractivity contribution in [1.82, 2.24) is 20.2 Å². The van der Waals surface area contributed by atoms with Crippen LogP contribution in [0.3, 0.4) is 0 Å². The number of aromatic nitrogens is 2. The molecule has 124 valence electrons. The number of hydrogen-bond donors (Lipinski definition) is 1. The van der Waals surface area contributed by atoms with Crippen molar-refractivity contribution in [3.8, 4) is 0 Å². The highest BCUT2D eigenvalue weighted by Crippen LogP contribution is 2.42. The van der Waals surface area contributed by atoms with E-state index >= 15 is 0 Å². The number of hydrogen-bond acceptors (Lipinski definition) is 6. The quantitative estimate of drug-likeness (QED) is 0.833. The fraction of sp³-hybridized carbons (Fsp3) is 0.647. The van der Waals surface area contributed by atoms with E-state index in [-0.39, 0.29) is 0 Å². The monoisotopic (exact) mass is 348 g/mol. The van der Waals surface area contributed by atoms with Crippen LogP contribution in [-0.4, -0.2) is 34.5 Å². The van der Waals surface area contributed by atoms with Gasteiger partial charge in [-0.25, -0.2) is 9.97 Å². The van der Waals surface area contributed by atoms with Crippen LogP contribution in [0.25, 0.3) is 0 Å². The van der Waals surface area contributed by atoms with E-state index in [9.17, 15) is 0 Å². The first kappa shape index (κ1) is 15.7. The third-order valence-electron chi connectivity index (χ3n) is 4.89. The molecule has 1 aliphatic heterocycles. The van der Waals surface area contributed by atoms with Gasteiger partial charge in [0.15, 0.2) is 0 Å². The van der Waals surface area contributed by atoms with Gasteiger partial charge in [0.1, 0.15) is 0 Å². The van der Waals surface area contributed by atoms with E-state index in [4.69, 9.17) is 0 Å². The molecule has 1 aliphatic carbocycles. The highest BCUT2D eigenvalue weighted by atomic mass is 32.1. The largest absolute Gasteiger partial charge is 0.316 e. The molecule has 2 aromatic rings. The van der Waals surface area contributed by atoms with Gasteiger partial charge in [-0.2, -0.15) is 0 Å². The summed E-state index contributed by atoms with van der Waals surface area (Å²) in [5.41, 5.74) is 6.58. The Morgan fingerprint density at radius 3 is 2.61 bits per heavy atom. The molecular formula is C17H24N4S2. The van der Waals surface area contributed by atoms with Crippen LogP contribution in [0.1, 0.15) is 46.3 Å². The fourth-order valence-corrected chi connectivity index (χ4v) is 5.10. The molecule has 2 fully saturated rings. The van der Waals surface area contributed by atoms with E-state index in [2.05, 4.69) is 27.1 Å². The molecule has 0 bridgehead atoms. The summed E-state index contributed by atoms with van der Waals surface area (Å²) in [5.74, 6) is 1.52. The van der Waals surface area contributed by atoms with Crippen molar-refractivity contribution in [3.63, 3.8) is 0 Å². The minimum atomic E-state index is 0.747. The molecule has 4 nitrogen and oxygen atoms in total. The van der Waals surface area contributed by atoms with Gasteiger partial charge in [-0.1, -0.05) is 0 Å². The molecule has 2 aromatic heterocycles. The molecule has 0 amide bonds. The molecule has 1 atom stereocenters. The predicted octanol–water partition coefficient (Wildman–Crippen LogP) is 3.40. The lowest BCUT2D eigenvalue weighted by Gasteiger charge is -2.24. The van der Waals surface area contributed by atoms with Gasteiger partial charge in [0.05, 0.1) is 22.4 Å². The Hall–Kier alpha value is -0.820. The summed E-state index contributed by atoms with van der Waals surface area (Å²) in [6.45, 7) is 7.71. The molecule has 6 heteroatoms. The molecule has 4 rings (SSSR count). The van der Waals surface area contributed by atoms with Crippen molar-refractivity contribution < 1.29 is 0 Å². The van der Waals surface area contributed by atoms with Crippen LogP contribution >= 0.6 is 22.7 Å². The molecule has 1 saturated heterocycles. The molecule has 1 unspecified atom stereocenters.